The maximum Gasteiger partial charge on any atom is 0.481 e. The summed E-state index contributed by atoms with van der Waals surface area (Å²) in [7, 11) is -10.8. The highest BCUT2D eigenvalue weighted by Crippen LogP contribution is 2.58. The second-order valence-corrected chi connectivity index (χ2v) is 6.26. The van der Waals surface area contributed by atoms with Crippen LogP contribution in [0.1, 0.15) is 0 Å². The summed E-state index contributed by atoms with van der Waals surface area (Å²) >= 11 is 0. The standard InChI is InChI=1S/C6H14O12P2/c7-1-3(9)5(10)6(11)4(2-8)17-20(15,16)18-19(12,13)14/h1,3-6,8-11H,2H2,(H,15,16)(H2,12,13,14). The van der Waals surface area contributed by atoms with Crippen molar-refractivity contribution in [3.05, 3.63) is 0 Å². The smallest absolute Gasteiger partial charge is 0.394 e. The van der Waals surface area contributed by atoms with Crippen molar-refractivity contribution in [1.82, 2.24) is 0 Å². The summed E-state index contributed by atoms with van der Waals surface area (Å²) in [6.07, 6.45) is -8.71. The molecule has 12 nitrogen and oxygen atoms in total. The molecule has 20 heavy (non-hydrogen) atoms. The number of rotatable bonds is 9. The normalized spacial score (nSPS) is 21.6. The number of aliphatic hydroxyl groups is 4. The lowest BCUT2D eigenvalue weighted by Crippen LogP contribution is -2.47. The van der Waals surface area contributed by atoms with Crippen molar-refractivity contribution >= 4 is 21.9 Å². The molecule has 5 unspecified atom stereocenters. The van der Waals surface area contributed by atoms with Crippen LogP contribution in [-0.4, -0.2) is 72.4 Å². The number of aldehydes is 1. The van der Waals surface area contributed by atoms with Gasteiger partial charge < -0.3 is 39.9 Å². The molecule has 0 rings (SSSR count). The van der Waals surface area contributed by atoms with Gasteiger partial charge in [0.15, 0.2) is 6.29 Å². The third-order valence-corrected chi connectivity index (χ3v) is 4.09. The first kappa shape index (κ1) is 19.8. The number of phosphoric acid groups is 2. The van der Waals surface area contributed by atoms with E-state index in [-0.39, 0.29) is 6.29 Å². The van der Waals surface area contributed by atoms with E-state index in [4.69, 9.17) is 24.9 Å². The molecule has 5 atom stereocenters. The molecule has 0 aromatic carbocycles. The molecule has 0 aliphatic heterocycles. The van der Waals surface area contributed by atoms with Crippen molar-refractivity contribution in [3.63, 3.8) is 0 Å². The predicted molar refractivity (Wildman–Crippen MR) is 59.0 cm³/mol. The minimum atomic E-state index is -5.40. The van der Waals surface area contributed by atoms with E-state index < -0.39 is 46.7 Å². The van der Waals surface area contributed by atoms with E-state index in [1.54, 1.807) is 0 Å². The van der Waals surface area contributed by atoms with E-state index >= 15 is 0 Å². The van der Waals surface area contributed by atoms with Gasteiger partial charge in [-0.1, -0.05) is 0 Å². The quantitative estimate of drug-likeness (QED) is 0.164. The Morgan fingerprint density at radius 1 is 1.05 bits per heavy atom. The Balaban J connectivity index is 4.89. The van der Waals surface area contributed by atoms with Gasteiger partial charge in [0.05, 0.1) is 6.61 Å². The maximum absolute atomic E-state index is 11.1. The molecule has 0 aromatic heterocycles. The number of aliphatic hydroxyl groups excluding tert-OH is 4. The molecular formula is C6H14O12P2. The van der Waals surface area contributed by atoms with Gasteiger partial charge in [-0.25, -0.2) is 9.13 Å². The van der Waals surface area contributed by atoms with Gasteiger partial charge >= 0.3 is 15.6 Å². The zero-order chi connectivity index (χ0) is 16.1. The molecule has 14 heteroatoms. The summed E-state index contributed by atoms with van der Waals surface area (Å²) in [5, 5.41) is 36.4. The van der Waals surface area contributed by atoms with Crippen LogP contribution in [0.5, 0.6) is 0 Å². The largest absolute Gasteiger partial charge is 0.481 e. The second-order valence-electron chi connectivity index (χ2n) is 3.48. The Morgan fingerprint density at radius 3 is 1.90 bits per heavy atom. The molecule has 120 valence electrons. The Morgan fingerprint density at radius 2 is 1.55 bits per heavy atom. The molecule has 0 amide bonds. The van der Waals surface area contributed by atoms with E-state index in [1.165, 1.54) is 0 Å². The van der Waals surface area contributed by atoms with Crippen LogP contribution in [0.4, 0.5) is 0 Å². The van der Waals surface area contributed by atoms with Crippen LogP contribution in [-0.2, 0) is 22.8 Å². The lowest BCUT2D eigenvalue weighted by molar-refractivity contribution is -0.135. The van der Waals surface area contributed by atoms with Gasteiger partial charge in [-0.2, -0.15) is 4.31 Å². The average Bonchev–Trinajstić information content (AvgIpc) is 2.30. The van der Waals surface area contributed by atoms with Gasteiger partial charge in [0.2, 0.25) is 0 Å². The van der Waals surface area contributed by atoms with Crippen LogP contribution < -0.4 is 0 Å². The van der Waals surface area contributed by atoms with E-state index in [2.05, 4.69) is 8.83 Å². The highest BCUT2D eigenvalue weighted by molar-refractivity contribution is 7.60. The minimum Gasteiger partial charge on any atom is -0.394 e. The fourth-order valence-corrected chi connectivity index (χ4v) is 2.79. The van der Waals surface area contributed by atoms with Gasteiger partial charge in [-0.05, 0) is 0 Å². The van der Waals surface area contributed by atoms with E-state index in [9.17, 15) is 24.1 Å². The monoisotopic (exact) mass is 340 g/mol. The molecule has 0 radical (unpaired) electrons. The summed E-state index contributed by atoms with van der Waals surface area (Å²) in [5.41, 5.74) is 0. The highest BCUT2D eigenvalue weighted by atomic mass is 31.3. The predicted octanol–water partition coefficient (Wildman–Crippen LogP) is -3.14. The lowest BCUT2D eigenvalue weighted by atomic mass is 10.0. The first-order valence-electron chi connectivity index (χ1n) is 4.82. The zero-order valence-electron chi connectivity index (χ0n) is 9.66. The molecule has 0 spiro atoms. The summed E-state index contributed by atoms with van der Waals surface area (Å²) in [6.45, 7) is -1.20. The highest BCUT2D eigenvalue weighted by Gasteiger charge is 2.40. The molecule has 0 fully saturated rings. The van der Waals surface area contributed by atoms with E-state index in [0.717, 1.165) is 0 Å². The second kappa shape index (κ2) is 7.69. The summed E-state index contributed by atoms with van der Waals surface area (Å²) < 4.78 is 29.0. The van der Waals surface area contributed by atoms with Crippen molar-refractivity contribution in [3.8, 4) is 0 Å². The number of phosphoric ester groups is 1. The molecule has 0 saturated carbocycles. The molecule has 0 aromatic rings. The molecule has 0 aliphatic carbocycles. The van der Waals surface area contributed by atoms with Crippen molar-refractivity contribution in [2.45, 2.75) is 24.4 Å². The first-order valence-corrected chi connectivity index (χ1v) is 7.84. The number of hydrogen-bond acceptors (Lipinski definition) is 9. The molecule has 0 aliphatic rings. The van der Waals surface area contributed by atoms with Crippen LogP contribution in [0.3, 0.4) is 0 Å². The van der Waals surface area contributed by atoms with Gasteiger partial charge in [0.25, 0.3) is 0 Å². The van der Waals surface area contributed by atoms with Crippen LogP contribution in [0, 0.1) is 0 Å². The Labute approximate surface area is 112 Å². The van der Waals surface area contributed by atoms with Crippen LogP contribution in [0.15, 0.2) is 0 Å². The van der Waals surface area contributed by atoms with Gasteiger partial charge in [0, 0.05) is 0 Å². The van der Waals surface area contributed by atoms with Crippen LogP contribution >= 0.6 is 15.6 Å². The topological polar surface area (TPSA) is 211 Å². The summed E-state index contributed by atoms with van der Waals surface area (Å²) in [6, 6.07) is 0. The molecule has 0 saturated heterocycles. The number of carbonyl (C=O) groups is 1. The van der Waals surface area contributed by atoms with Crippen LogP contribution in [0.2, 0.25) is 0 Å². The van der Waals surface area contributed by atoms with Gasteiger partial charge in [-0.3, -0.25) is 4.52 Å². The van der Waals surface area contributed by atoms with E-state index in [0.29, 0.717) is 0 Å². The van der Waals surface area contributed by atoms with Crippen molar-refractivity contribution < 1.29 is 57.9 Å². The van der Waals surface area contributed by atoms with E-state index in [1.807, 2.05) is 0 Å². The number of hydrogen-bond donors (Lipinski definition) is 7. The molecular weight excluding hydrogens is 326 g/mol. The van der Waals surface area contributed by atoms with Crippen molar-refractivity contribution in [2.75, 3.05) is 6.61 Å². The van der Waals surface area contributed by atoms with Crippen LogP contribution in [0.25, 0.3) is 0 Å². The van der Waals surface area contributed by atoms with Gasteiger partial charge in [-0.15, -0.1) is 0 Å². The zero-order valence-corrected chi connectivity index (χ0v) is 11.4. The Kier molecular flexibility index (Phi) is 7.60. The van der Waals surface area contributed by atoms with Crippen molar-refractivity contribution in [1.29, 1.82) is 0 Å². The Bertz CT molecular complexity index is 405. The minimum absolute atomic E-state index is 0.160. The number of carbonyl (C=O) groups excluding carboxylic acids is 1. The molecule has 0 heterocycles. The fourth-order valence-electron chi connectivity index (χ4n) is 1.03. The maximum atomic E-state index is 11.1. The third-order valence-electron chi connectivity index (χ3n) is 1.88. The molecule has 7 N–H and O–H groups in total. The SMILES string of the molecule is O=CC(O)C(O)C(O)C(CO)OP(=O)(O)OP(=O)(O)O. The van der Waals surface area contributed by atoms with Crippen molar-refractivity contribution in [2.24, 2.45) is 0 Å². The lowest BCUT2D eigenvalue weighted by Gasteiger charge is -2.27. The molecule has 0 bridgehead atoms. The fraction of sp³-hybridized carbons (Fsp3) is 0.833. The third kappa shape index (κ3) is 6.97. The van der Waals surface area contributed by atoms with Gasteiger partial charge in [0.1, 0.15) is 24.4 Å². The summed E-state index contributed by atoms with van der Waals surface area (Å²) in [5.74, 6) is 0. The Hall–Kier alpha value is -0.230. The average molecular weight is 340 g/mol. The summed E-state index contributed by atoms with van der Waals surface area (Å²) in [4.78, 5) is 35.8. The first-order chi connectivity index (χ1) is 8.93.